The molecule has 3 aromatic rings. The van der Waals surface area contributed by atoms with Crippen molar-refractivity contribution in [2.24, 2.45) is 0 Å². The summed E-state index contributed by atoms with van der Waals surface area (Å²) in [6, 6.07) is 14.2. The highest BCUT2D eigenvalue weighted by Crippen LogP contribution is 2.19. The molecule has 4 rings (SSSR count). The first-order valence-corrected chi connectivity index (χ1v) is 10.3. The zero-order valence-electron chi connectivity index (χ0n) is 17.6. The molecular formula is C23H28N6O. The topological polar surface area (TPSA) is 66.4 Å². The Bertz CT molecular complexity index is 940. The van der Waals surface area contributed by atoms with Crippen LogP contribution in [0, 0.1) is 6.92 Å². The number of aromatic nitrogens is 3. The number of ether oxygens (including phenoxy) is 1. The summed E-state index contributed by atoms with van der Waals surface area (Å²) in [6.45, 7) is 6.44. The highest BCUT2D eigenvalue weighted by atomic mass is 16.5. The van der Waals surface area contributed by atoms with E-state index in [4.69, 9.17) is 9.72 Å². The molecular weight excluding hydrogens is 376 g/mol. The van der Waals surface area contributed by atoms with E-state index < -0.39 is 0 Å². The number of pyridine rings is 1. The minimum Gasteiger partial charge on any atom is -0.497 e. The highest BCUT2D eigenvalue weighted by Gasteiger charge is 2.20. The largest absolute Gasteiger partial charge is 0.497 e. The summed E-state index contributed by atoms with van der Waals surface area (Å²) in [4.78, 5) is 18.4. The van der Waals surface area contributed by atoms with Crippen LogP contribution in [0.3, 0.4) is 0 Å². The Morgan fingerprint density at radius 1 is 0.967 bits per heavy atom. The van der Waals surface area contributed by atoms with E-state index in [1.807, 2.05) is 43.6 Å². The minimum atomic E-state index is 0.785. The maximum Gasteiger partial charge on any atom is 0.227 e. The second-order valence-corrected chi connectivity index (χ2v) is 7.39. The first kappa shape index (κ1) is 19.9. The summed E-state index contributed by atoms with van der Waals surface area (Å²) in [7, 11) is 1.68. The lowest BCUT2D eigenvalue weighted by atomic mass is 10.1. The molecule has 0 bridgehead atoms. The molecule has 156 valence electrons. The predicted octanol–water partition coefficient (Wildman–Crippen LogP) is 3.17. The van der Waals surface area contributed by atoms with Gasteiger partial charge in [0.25, 0.3) is 0 Å². The molecule has 0 amide bonds. The molecule has 1 aliphatic rings. The van der Waals surface area contributed by atoms with Crippen molar-refractivity contribution in [3.63, 3.8) is 0 Å². The summed E-state index contributed by atoms with van der Waals surface area (Å²) in [5, 5.41) is 3.47. The Balaban J connectivity index is 1.33. The van der Waals surface area contributed by atoms with Crippen LogP contribution in [0.15, 0.2) is 54.9 Å². The number of benzene rings is 1. The number of hydrogen-bond acceptors (Lipinski definition) is 7. The molecule has 1 fully saturated rings. The smallest absolute Gasteiger partial charge is 0.227 e. The number of nitrogens with one attached hydrogen (secondary N) is 1. The molecule has 1 N–H and O–H groups in total. The first-order chi connectivity index (χ1) is 14.7. The van der Waals surface area contributed by atoms with Gasteiger partial charge in [0.15, 0.2) is 0 Å². The van der Waals surface area contributed by atoms with E-state index >= 15 is 0 Å². The Kier molecular flexibility index (Phi) is 6.27. The molecule has 2 aromatic heterocycles. The molecule has 30 heavy (non-hydrogen) atoms. The van der Waals surface area contributed by atoms with Crippen LogP contribution in [0.4, 0.5) is 17.6 Å². The number of methoxy groups -OCH3 is 1. The molecule has 0 spiro atoms. The summed E-state index contributed by atoms with van der Waals surface area (Å²) in [5.74, 6) is 3.60. The third-order valence-electron chi connectivity index (χ3n) is 5.36. The average molecular weight is 405 g/mol. The monoisotopic (exact) mass is 404 g/mol. The van der Waals surface area contributed by atoms with Gasteiger partial charge in [0.05, 0.1) is 7.11 Å². The van der Waals surface area contributed by atoms with E-state index in [1.54, 1.807) is 7.11 Å². The lowest BCUT2D eigenvalue weighted by Gasteiger charge is -2.35. The van der Waals surface area contributed by atoms with Crippen LogP contribution in [0.25, 0.3) is 0 Å². The Labute approximate surface area is 177 Å². The van der Waals surface area contributed by atoms with Gasteiger partial charge in [0, 0.05) is 50.7 Å². The maximum absolute atomic E-state index is 5.22. The van der Waals surface area contributed by atoms with Crippen molar-refractivity contribution in [3.05, 3.63) is 66.0 Å². The number of anilines is 3. The Morgan fingerprint density at radius 2 is 1.73 bits per heavy atom. The van der Waals surface area contributed by atoms with Gasteiger partial charge >= 0.3 is 0 Å². The van der Waals surface area contributed by atoms with E-state index in [0.29, 0.717) is 0 Å². The zero-order valence-corrected chi connectivity index (χ0v) is 17.6. The van der Waals surface area contributed by atoms with Crippen LogP contribution in [0.5, 0.6) is 5.75 Å². The molecule has 7 nitrogen and oxygen atoms in total. The molecule has 1 aliphatic heterocycles. The Morgan fingerprint density at radius 3 is 2.43 bits per heavy atom. The van der Waals surface area contributed by atoms with Gasteiger partial charge < -0.3 is 19.9 Å². The van der Waals surface area contributed by atoms with Crippen LogP contribution in [0.2, 0.25) is 0 Å². The molecule has 1 saturated heterocycles. The van der Waals surface area contributed by atoms with Crippen molar-refractivity contribution in [2.75, 3.05) is 55.0 Å². The standard InChI is InChI=1S/C23H28N6O/c1-18-17-26-23(29-15-13-28(14-16-29)21-5-3-4-11-24-21)27-22(18)25-12-10-19-6-8-20(30-2)9-7-19/h3-9,11,17H,10,12-16H2,1-2H3,(H,25,26,27). The van der Waals surface area contributed by atoms with Crippen LogP contribution >= 0.6 is 0 Å². The van der Waals surface area contributed by atoms with Gasteiger partial charge in [-0.05, 0) is 43.2 Å². The van der Waals surface area contributed by atoms with Crippen LogP contribution in [0.1, 0.15) is 11.1 Å². The van der Waals surface area contributed by atoms with Gasteiger partial charge in [-0.2, -0.15) is 4.98 Å². The fourth-order valence-corrected chi connectivity index (χ4v) is 3.56. The average Bonchev–Trinajstić information content (AvgIpc) is 2.81. The molecule has 3 heterocycles. The van der Waals surface area contributed by atoms with E-state index in [2.05, 4.69) is 43.3 Å². The quantitative estimate of drug-likeness (QED) is 0.649. The summed E-state index contributed by atoms with van der Waals surface area (Å²) in [5.41, 5.74) is 2.32. The van der Waals surface area contributed by atoms with Crippen molar-refractivity contribution in [2.45, 2.75) is 13.3 Å². The fraction of sp³-hybridized carbons (Fsp3) is 0.348. The lowest BCUT2D eigenvalue weighted by molar-refractivity contribution is 0.414. The maximum atomic E-state index is 5.22. The zero-order chi connectivity index (χ0) is 20.8. The van der Waals surface area contributed by atoms with Crippen LogP contribution in [-0.4, -0.2) is 54.8 Å². The van der Waals surface area contributed by atoms with Gasteiger partial charge in [-0.1, -0.05) is 18.2 Å². The van der Waals surface area contributed by atoms with Crippen molar-refractivity contribution in [3.8, 4) is 5.75 Å². The van der Waals surface area contributed by atoms with E-state index in [9.17, 15) is 0 Å². The molecule has 0 radical (unpaired) electrons. The Hall–Kier alpha value is -3.35. The second-order valence-electron chi connectivity index (χ2n) is 7.39. The molecule has 1 aromatic carbocycles. The summed E-state index contributed by atoms with van der Waals surface area (Å²) >= 11 is 0. The molecule has 0 unspecified atom stereocenters. The molecule has 0 saturated carbocycles. The lowest BCUT2D eigenvalue weighted by Crippen LogP contribution is -2.47. The predicted molar refractivity (Wildman–Crippen MR) is 121 cm³/mol. The van der Waals surface area contributed by atoms with Crippen molar-refractivity contribution >= 4 is 17.6 Å². The number of hydrogen-bond donors (Lipinski definition) is 1. The number of piperazine rings is 1. The van der Waals surface area contributed by atoms with Crippen molar-refractivity contribution in [1.29, 1.82) is 0 Å². The van der Waals surface area contributed by atoms with Crippen molar-refractivity contribution in [1.82, 2.24) is 15.0 Å². The van der Waals surface area contributed by atoms with Gasteiger partial charge in [-0.15, -0.1) is 0 Å². The SMILES string of the molecule is COc1ccc(CCNc2nc(N3CCN(c4ccccn4)CC3)ncc2C)cc1. The third kappa shape index (κ3) is 4.79. The first-order valence-electron chi connectivity index (χ1n) is 10.3. The number of nitrogens with zero attached hydrogens (tertiary/aromatic N) is 5. The van der Waals surface area contributed by atoms with E-state index in [-0.39, 0.29) is 0 Å². The van der Waals surface area contributed by atoms with Crippen LogP contribution in [-0.2, 0) is 6.42 Å². The molecule has 7 heteroatoms. The second kappa shape index (κ2) is 9.43. The van der Waals surface area contributed by atoms with Gasteiger partial charge in [-0.3, -0.25) is 0 Å². The van der Waals surface area contributed by atoms with Crippen molar-refractivity contribution < 1.29 is 4.74 Å². The molecule has 0 aliphatic carbocycles. The number of aryl methyl sites for hydroxylation is 1. The van der Waals surface area contributed by atoms with Gasteiger partial charge in [0.1, 0.15) is 17.4 Å². The number of rotatable bonds is 7. The van der Waals surface area contributed by atoms with E-state index in [1.165, 1.54) is 5.56 Å². The highest BCUT2D eigenvalue weighted by molar-refractivity contribution is 5.49. The van der Waals surface area contributed by atoms with Gasteiger partial charge in [-0.25, -0.2) is 9.97 Å². The van der Waals surface area contributed by atoms with Crippen LogP contribution < -0.4 is 19.9 Å². The minimum absolute atomic E-state index is 0.785. The van der Waals surface area contributed by atoms with E-state index in [0.717, 1.165) is 68.0 Å². The third-order valence-corrected chi connectivity index (χ3v) is 5.36. The summed E-state index contributed by atoms with van der Waals surface area (Å²) < 4.78 is 5.22. The molecule has 0 atom stereocenters. The van der Waals surface area contributed by atoms with Gasteiger partial charge in [0.2, 0.25) is 5.95 Å². The fourth-order valence-electron chi connectivity index (χ4n) is 3.56. The normalized spacial score (nSPS) is 13.9. The summed E-state index contributed by atoms with van der Waals surface area (Å²) in [6.07, 6.45) is 4.67.